The number of amides is 2. The number of nitrogens with zero attached hydrogens (tertiary/aromatic N) is 1. The van der Waals surface area contributed by atoms with Gasteiger partial charge in [-0.2, -0.15) is 13.2 Å². The van der Waals surface area contributed by atoms with Crippen molar-refractivity contribution in [2.24, 2.45) is 0 Å². The Labute approximate surface area is 109 Å². The molecule has 19 heavy (non-hydrogen) atoms. The van der Waals surface area contributed by atoms with Crippen molar-refractivity contribution in [1.82, 2.24) is 10.2 Å². The summed E-state index contributed by atoms with van der Waals surface area (Å²) < 4.78 is 39.0. The maximum absolute atomic E-state index is 13.0. The van der Waals surface area contributed by atoms with E-state index in [4.69, 9.17) is 0 Å². The van der Waals surface area contributed by atoms with E-state index in [0.29, 0.717) is 19.4 Å². The molecule has 3 nitrogen and oxygen atoms in total. The third-order valence-corrected chi connectivity index (χ3v) is 3.35. The van der Waals surface area contributed by atoms with Gasteiger partial charge in [-0.25, -0.2) is 4.79 Å². The van der Waals surface area contributed by atoms with Gasteiger partial charge in [-0.05, 0) is 24.5 Å². The van der Waals surface area contributed by atoms with Crippen LogP contribution in [0.4, 0.5) is 18.0 Å². The lowest BCUT2D eigenvalue weighted by atomic mass is 9.98. The Morgan fingerprint density at radius 1 is 1.37 bits per heavy atom. The summed E-state index contributed by atoms with van der Waals surface area (Å²) in [4.78, 5) is 13.2. The number of carbonyl (C=O) groups excluding carboxylic acids is 1. The molecule has 1 unspecified atom stereocenters. The van der Waals surface area contributed by atoms with Crippen LogP contribution in [0.2, 0.25) is 0 Å². The molecule has 1 heterocycles. The van der Waals surface area contributed by atoms with Crippen molar-refractivity contribution < 1.29 is 18.0 Å². The van der Waals surface area contributed by atoms with E-state index >= 15 is 0 Å². The molecule has 0 saturated carbocycles. The minimum Gasteiger partial charge on any atom is -0.341 e. The first-order valence-electron chi connectivity index (χ1n) is 6.09. The second-order valence-electron chi connectivity index (χ2n) is 4.49. The fourth-order valence-electron chi connectivity index (χ4n) is 2.52. The maximum Gasteiger partial charge on any atom is 0.416 e. The van der Waals surface area contributed by atoms with Crippen LogP contribution in [-0.2, 0) is 6.18 Å². The highest BCUT2D eigenvalue weighted by Crippen LogP contribution is 2.40. The van der Waals surface area contributed by atoms with E-state index < -0.39 is 17.8 Å². The predicted molar refractivity (Wildman–Crippen MR) is 64.6 cm³/mol. The fourth-order valence-corrected chi connectivity index (χ4v) is 2.52. The molecule has 0 radical (unpaired) electrons. The van der Waals surface area contributed by atoms with Crippen LogP contribution in [0.25, 0.3) is 0 Å². The summed E-state index contributed by atoms with van der Waals surface area (Å²) in [5, 5.41) is 2.47. The second-order valence-corrected chi connectivity index (χ2v) is 4.49. The molecule has 2 amide bonds. The SMILES string of the molecule is CNC(=O)N1CCCC1c1ccccc1C(F)(F)F. The highest BCUT2D eigenvalue weighted by atomic mass is 19.4. The zero-order valence-corrected chi connectivity index (χ0v) is 10.5. The van der Waals surface area contributed by atoms with Crippen LogP contribution in [0, 0.1) is 0 Å². The Morgan fingerprint density at radius 3 is 2.68 bits per heavy atom. The Hall–Kier alpha value is -1.72. The van der Waals surface area contributed by atoms with Crippen molar-refractivity contribution in [3.05, 3.63) is 35.4 Å². The smallest absolute Gasteiger partial charge is 0.341 e. The fraction of sp³-hybridized carbons (Fsp3) is 0.462. The van der Waals surface area contributed by atoms with Gasteiger partial charge in [0.05, 0.1) is 11.6 Å². The topological polar surface area (TPSA) is 32.3 Å². The van der Waals surface area contributed by atoms with Crippen LogP contribution in [0.3, 0.4) is 0 Å². The average molecular weight is 272 g/mol. The number of nitrogens with one attached hydrogen (secondary N) is 1. The molecule has 1 fully saturated rings. The van der Waals surface area contributed by atoms with E-state index in [0.717, 1.165) is 6.07 Å². The summed E-state index contributed by atoms with van der Waals surface area (Å²) in [5.74, 6) is 0. The van der Waals surface area contributed by atoms with E-state index in [1.165, 1.54) is 24.1 Å². The maximum atomic E-state index is 13.0. The molecule has 6 heteroatoms. The van der Waals surface area contributed by atoms with Gasteiger partial charge >= 0.3 is 12.2 Å². The highest BCUT2D eigenvalue weighted by Gasteiger charge is 2.38. The summed E-state index contributed by atoms with van der Waals surface area (Å²) in [7, 11) is 1.48. The third-order valence-electron chi connectivity index (χ3n) is 3.35. The zero-order chi connectivity index (χ0) is 14.0. The zero-order valence-electron chi connectivity index (χ0n) is 10.5. The van der Waals surface area contributed by atoms with Crippen LogP contribution in [0.5, 0.6) is 0 Å². The molecule has 1 aromatic carbocycles. The molecule has 0 aliphatic carbocycles. The molecule has 1 aliphatic rings. The van der Waals surface area contributed by atoms with Crippen molar-refractivity contribution >= 4 is 6.03 Å². The number of carbonyl (C=O) groups is 1. The van der Waals surface area contributed by atoms with Crippen molar-refractivity contribution in [3.8, 4) is 0 Å². The van der Waals surface area contributed by atoms with Crippen LogP contribution < -0.4 is 5.32 Å². The molecule has 1 aromatic rings. The monoisotopic (exact) mass is 272 g/mol. The number of hydrogen-bond donors (Lipinski definition) is 1. The van der Waals surface area contributed by atoms with Gasteiger partial charge in [0.25, 0.3) is 0 Å². The van der Waals surface area contributed by atoms with Crippen molar-refractivity contribution in [2.45, 2.75) is 25.1 Å². The lowest BCUT2D eigenvalue weighted by Crippen LogP contribution is -2.38. The van der Waals surface area contributed by atoms with Crippen LogP contribution in [0.1, 0.15) is 30.0 Å². The van der Waals surface area contributed by atoms with Gasteiger partial charge in [0.15, 0.2) is 0 Å². The van der Waals surface area contributed by atoms with Gasteiger partial charge in [0, 0.05) is 13.6 Å². The molecule has 0 bridgehead atoms. The molecule has 1 aliphatic heterocycles. The number of benzene rings is 1. The summed E-state index contributed by atoms with van der Waals surface area (Å²) in [5.41, 5.74) is -0.480. The number of alkyl halides is 3. The predicted octanol–water partition coefficient (Wildman–Crippen LogP) is 3.18. The summed E-state index contributed by atoms with van der Waals surface area (Å²) in [6.07, 6.45) is -3.13. The average Bonchev–Trinajstić information content (AvgIpc) is 2.86. The van der Waals surface area contributed by atoms with Crippen molar-refractivity contribution in [1.29, 1.82) is 0 Å². The van der Waals surface area contributed by atoms with Crippen LogP contribution in [0.15, 0.2) is 24.3 Å². The van der Waals surface area contributed by atoms with Gasteiger partial charge in [-0.3, -0.25) is 0 Å². The van der Waals surface area contributed by atoms with E-state index in [9.17, 15) is 18.0 Å². The van der Waals surface area contributed by atoms with Gasteiger partial charge in [-0.1, -0.05) is 18.2 Å². The number of halogens is 3. The Balaban J connectivity index is 2.39. The quantitative estimate of drug-likeness (QED) is 0.836. The number of likely N-dealkylation sites (tertiary alicyclic amines) is 1. The number of urea groups is 1. The summed E-state index contributed by atoms with van der Waals surface area (Å²) >= 11 is 0. The van der Waals surface area contributed by atoms with Gasteiger partial charge < -0.3 is 10.2 Å². The molecular weight excluding hydrogens is 257 g/mol. The van der Waals surface area contributed by atoms with E-state index in [1.807, 2.05) is 0 Å². The molecule has 1 saturated heterocycles. The first-order chi connectivity index (χ1) is 8.95. The summed E-state index contributed by atoms with van der Waals surface area (Å²) in [6, 6.07) is 4.62. The van der Waals surface area contributed by atoms with E-state index in [1.54, 1.807) is 6.07 Å². The van der Waals surface area contributed by atoms with Crippen molar-refractivity contribution in [3.63, 3.8) is 0 Å². The normalized spacial score (nSPS) is 19.6. The third kappa shape index (κ3) is 2.67. The summed E-state index contributed by atoms with van der Waals surface area (Å²) in [6.45, 7) is 0.483. The van der Waals surface area contributed by atoms with E-state index in [-0.39, 0.29) is 11.6 Å². The highest BCUT2D eigenvalue weighted by molar-refractivity contribution is 5.74. The van der Waals surface area contributed by atoms with Crippen molar-refractivity contribution in [2.75, 3.05) is 13.6 Å². The molecule has 1 N–H and O–H groups in total. The molecule has 0 aromatic heterocycles. The molecule has 0 spiro atoms. The minimum absolute atomic E-state index is 0.177. The first kappa shape index (κ1) is 13.7. The standard InChI is InChI=1S/C13H15F3N2O/c1-17-12(19)18-8-4-7-11(18)9-5-2-3-6-10(9)13(14,15)16/h2-3,5-6,11H,4,7-8H2,1H3,(H,17,19). The molecule has 1 atom stereocenters. The minimum atomic E-state index is -4.40. The first-order valence-corrected chi connectivity index (χ1v) is 6.09. The van der Waals surface area contributed by atoms with E-state index in [2.05, 4.69) is 5.32 Å². The lowest BCUT2D eigenvalue weighted by molar-refractivity contribution is -0.138. The lowest BCUT2D eigenvalue weighted by Gasteiger charge is -2.26. The van der Waals surface area contributed by atoms with Crippen LogP contribution >= 0.6 is 0 Å². The van der Waals surface area contributed by atoms with Gasteiger partial charge in [0.2, 0.25) is 0 Å². The van der Waals surface area contributed by atoms with Crippen LogP contribution in [-0.4, -0.2) is 24.5 Å². The largest absolute Gasteiger partial charge is 0.416 e. The number of hydrogen-bond acceptors (Lipinski definition) is 1. The molecule has 104 valence electrons. The Kier molecular flexibility index (Phi) is 3.68. The molecular formula is C13H15F3N2O. The second kappa shape index (κ2) is 5.11. The van der Waals surface area contributed by atoms with Gasteiger partial charge in [0.1, 0.15) is 0 Å². The molecule has 2 rings (SSSR count). The van der Waals surface area contributed by atoms with Gasteiger partial charge in [-0.15, -0.1) is 0 Å². The Morgan fingerprint density at radius 2 is 2.05 bits per heavy atom. The number of rotatable bonds is 1. The Bertz CT molecular complexity index is 473.